The third kappa shape index (κ3) is 3.37. The van der Waals surface area contributed by atoms with Gasteiger partial charge in [0.05, 0.1) is 9.26 Å². The summed E-state index contributed by atoms with van der Waals surface area (Å²) in [7, 11) is 0. The SMILES string of the molecule is CCOC(CC)(CC)c1nc(C(C)C)c(I)c(=O)[nH]1. The number of aromatic amines is 1. The molecular formula is C14H23IN2O2. The van der Waals surface area contributed by atoms with Crippen LogP contribution in [-0.4, -0.2) is 16.6 Å². The maximum absolute atomic E-state index is 12.1. The van der Waals surface area contributed by atoms with Gasteiger partial charge in [0.25, 0.3) is 5.56 Å². The van der Waals surface area contributed by atoms with E-state index in [0.29, 0.717) is 16.0 Å². The number of nitrogens with zero attached hydrogens (tertiary/aromatic N) is 1. The van der Waals surface area contributed by atoms with E-state index >= 15 is 0 Å². The molecule has 0 saturated carbocycles. The molecule has 5 heteroatoms. The number of halogens is 1. The molecule has 1 N–H and O–H groups in total. The molecule has 0 atom stereocenters. The molecule has 0 spiro atoms. The molecule has 4 nitrogen and oxygen atoms in total. The van der Waals surface area contributed by atoms with E-state index in [1.807, 2.05) is 20.8 Å². The minimum absolute atomic E-state index is 0.0692. The Labute approximate surface area is 128 Å². The number of ether oxygens (including phenoxy) is 1. The van der Waals surface area contributed by atoms with Crippen molar-refractivity contribution in [3.8, 4) is 0 Å². The zero-order valence-electron chi connectivity index (χ0n) is 12.3. The summed E-state index contributed by atoms with van der Waals surface area (Å²) in [5.41, 5.74) is 0.299. The first-order valence-electron chi connectivity index (χ1n) is 6.85. The molecule has 1 heterocycles. The molecule has 0 bridgehead atoms. The second-order valence-electron chi connectivity index (χ2n) is 4.90. The highest BCUT2D eigenvalue weighted by atomic mass is 127. The predicted octanol–water partition coefficient (Wildman–Crippen LogP) is 3.55. The van der Waals surface area contributed by atoms with Gasteiger partial charge in [-0.15, -0.1) is 0 Å². The lowest BCUT2D eigenvalue weighted by Crippen LogP contribution is -2.34. The fourth-order valence-electron chi connectivity index (χ4n) is 2.21. The maximum Gasteiger partial charge on any atom is 0.264 e. The Hall–Kier alpha value is -0.430. The largest absolute Gasteiger partial charge is 0.367 e. The average Bonchev–Trinajstić information content (AvgIpc) is 2.38. The van der Waals surface area contributed by atoms with Crippen molar-refractivity contribution < 1.29 is 4.74 Å². The van der Waals surface area contributed by atoms with Crippen molar-refractivity contribution in [3.05, 3.63) is 25.4 Å². The van der Waals surface area contributed by atoms with E-state index < -0.39 is 5.60 Å². The first-order chi connectivity index (χ1) is 8.91. The molecule has 1 aromatic rings. The fourth-order valence-corrected chi connectivity index (χ4v) is 3.09. The van der Waals surface area contributed by atoms with Gasteiger partial charge in [0.15, 0.2) is 0 Å². The Kier molecular flexibility index (Phi) is 5.98. The van der Waals surface area contributed by atoms with Crippen LogP contribution in [0, 0.1) is 3.57 Å². The first-order valence-corrected chi connectivity index (χ1v) is 7.93. The van der Waals surface area contributed by atoms with Crippen LogP contribution in [0.25, 0.3) is 0 Å². The van der Waals surface area contributed by atoms with Crippen LogP contribution in [0.1, 0.15) is 64.9 Å². The summed E-state index contributed by atoms with van der Waals surface area (Å²) in [6.45, 7) is 10.8. The number of rotatable bonds is 6. The summed E-state index contributed by atoms with van der Waals surface area (Å²) in [4.78, 5) is 19.7. The van der Waals surface area contributed by atoms with E-state index in [4.69, 9.17) is 4.74 Å². The molecule has 108 valence electrons. The van der Waals surface area contributed by atoms with Crippen LogP contribution in [0.5, 0.6) is 0 Å². The van der Waals surface area contributed by atoms with Gasteiger partial charge in [-0.2, -0.15) is 0 Å². The van der Waals surface area contributed by atoms with Crippen molar-refractivity contribution in [2.45, 2.75) is 59.0 Å². The smallest absolute Gasteiger partial charge is 0.264 e. The van der Waals surface area contributed by atoms with Crippen molar-refractivity contribution >= 4 is 22.6 Å². The van der Waals surface area contributed by atoms with Gasteiger partial charge >= 0.3 is 0 Å². The van der Waals surface area contributed by atoms with E-state index in [9.17, 15) is 4.79 Å². The Morgan fingerprint density at radius 2 is 1.89 bits per heavy atom. The van der Waals surface area contributed by atoms with E-state index in [1.54, 1.807) is 0 Å². The minimum atomic E-state index is -0.484. The van der Waals surface area contributed by atoms with Gasteiger partial charge in [0.2, 0.25) is 0 Å². The second-order valence-corrected chi connectivity index (χ2v) is 5.98. The van der Waals surface area contributed by atoms with Gasteiger partial charge in [-0.1, -0.05) is 27.7 Å². The lowest BCUT2D eigenvalue weighted by atomic mass is 9.95. The lowest BCUT2D eigenvalue weighted by molar-refractivity contribution is -0.0575. The van der Waals surface area contributed by atoms with E-state index in [2.05, 4.69) is 46.4 Å². The third-order valence-electron chi connectivity index (χ3n) is 3.43. The van der Waals surface area contributed by atoms with E-state index in [-0.39, 0.29) is 11.5 Å². The summed E-state index contributed by atoms with van der Waals surface area (Å²) in [6, 6.07) is 0. The number of aromatic nitrogens is 2. The Morgan fingerprint density at radius 3 is 2.32 bits per heavy atom. The van der Waals surface area contributed by atoms with Gasteiger partial charge in [-0.3, -0.25) is 4.79 Å². The molecule has 1 rings (SSSR count). The topological polar surface area (TPSA) is 55.0 Å². The van der Waals surface area contributed by atoms with E-state index in [1.165, 1.54) is 0 Å². The van der Waals surface area contributed by atoms with Crippen molar-refractivity contribution in [2.24, 2.45) is 0 Å². The average molecular weight is 378 g/mol. The molecule has 0 aliphatic heterocycles. The van der Waals surface area contributed by atoms with Crippen LogP contribution in [0.2, 0.25) is 0 Å². The summed E-state index contributed by atoms with van der Waals surface area (Å²) < 4.78 is 6.58. The zero-order chi connectivity index (χ0) is 14.6. The molecule has 0 amide bonds. The van der Waals surface area contributed by atoms with Gasteiger partial charge in [0, 0.05) is 6.61 Å². The Morgan fingerprint density at radius 1 is 1.32 bits per heavy atom. The fraction of sp³-hybridized carbons (Fsp3) is 0.714. The Bertz CT molecular complexity index is 479. The normalized spacial score (nSPS) is 12.2. The van der Waals surface area contributed by atoms with Gasteiger partial charge in [-0.05, 0) is 48.3 Å². The third-order valence-corrected chi connectivity index (χ3v) is 4.47. The summed E-state index contributed by atoms with van der Waals surface area (Å²) in [5, 5.41) is 0. The first kappa shape index (κ1) is 16.6. The number of H-pyrrole nitrogens is 1. The van der Waals surface area contributed by atoms with Crippen LogP contribution in [0.4, 0.5) is 0 Å². The molecule has 0 fully saturated rings. The van der Waals surface area contributed by atoms with Crippen molar-refractivity contribution in [1.82, 2.24) is 9.97 Å². The van der Waals surface area contributed by atoms with Gasteiger partial charge in [-0.25, -0.2) is 4.98 Å². The van der Waals surface area contributed by atoms with E-state index in [0.717, 1.165) is 18.5 Å². The molecule has 0 unspecified atom stereocenters. The summed E-state index contributed by atoms with van der Waals surface area (Å²) in [6.07, 6.45) is 1.58. The molecular weight excluding hydrogens is 355 g/mol. The van der Waals surface area contributed by atoms with Crippen LogP contribution in [-0.2, 0) is 10.3 Å². The van der Waals surface area contributed by atoms with Crippen LogP contribution < -0.4 is 5.56 Å². The maximum atomic E-state index is 12.1. The summed E-state index contributed by atoms with van der Waals surface area (Å²) >= 11 is 2.06. The number of hydrogen-bond donors (Lipinski definition) is 1. The van der Waals surface area contributed by atoms with Gasteiger partial charge in [0.1, 0.15) is 11.4 Å². The number of hydrogen-bond acceptors (Lipinski definition) is 3. The van der Waals surface area contributed by atoms with Gasteiger partial charge < -0.3 is 9.72 Å². The highest BCUT2D eigenvalue weighted by molar-refractivity contribution is 14.1. The zero-order valence-corrected chi connectivity index (χ0v) is 14.5. The highest BCUT2D eigenvalue weighted by Crippen LogP contribution is 2.31. The summed E-state index contributed by atoms with van der Waals surface area (Å²) in [5.74, 6) is 0.884. The molecule has 0 aliphatic rings. The molecule has 0 aromatic carbocycles. The highest BCUT2D eigenvalue weighted by Gasteiger charge is 2.33. The van der Waals surface area contributed by atoms with Crippen molar-refractivity contribution in [2.75, 3.05) is 6.61 Å². The monoisotopic (exact) mass is 378 g/mol. The number of nitrogens with one attached hydrogen (secondary N) is 1. The Balaban J connectivity index is 3.44. The molecule has 0 saturated heterocycles. The van der Waals surface area contributed by atoms with Crippen LogP contribution >= 0.6 is 22.6 Å². The van der Waals surface area contributed by atoms with Crippen molar-refractivity contribution in [3.63, 3.8) is 0 Å². The standard InChI is InChI=1S/C14H23IN2O2/c1-6-14(7-2,19-8-3)13-16-11(9(4)5)10(15)12(18)17-13/h9H,6-8H2,1-5H3,(H,16,17,18). The molecule has 0 aliphatic carbocycles. The minimum Gasteiger partial charge on any atom is -0.367 e. The second kappa shape index (κ2) is 6.83. The molecule has 19 heavy (non-hydrogen) atoms. The predicted molar refractivity (Wildman–Crippen MR) is 85.5 cm³/mol. The van der Waals surface area contributed by atoms with Crippen LogP contribution in [0.15, 0.2) is 4.79 Å². The quantitative estimate of drug-likeness (QED) is 0.771. The molecule has 1 aromatic heterocycles. The van der Waals surface area contributed by atoms with Crippen LogP contribution in [0.3, 0.4) is 0 Å². The lowest BCUT2D eigenvalue weighted by Gasteiger charge is -2.31. The molecule has 0 radical (unpaired) electrons. The van der Waals surface area contributed by atoms with Crippen molar-refractivity contribution in [1.29, 1.82) is 0 Å².